The van der Waals surface area contributed by atoms with Crippen LogP contribution in [0.1, 0.15) is 22.7 Å². The molecule has 0 aliphatic carbocycles. The van der Waals surface area contributed by atoms with Gasteiger partial charge in [-0.05, 0) is 36.2 Å². The highest BCUT2D eigenvalue weighted by molar-refractivity contribution is 5.49. The van der Waals surface area contributed by atoms with E-state index in [1.807, 2.05) is 25.1 Å². The van der Waals surface area contributed by atoms with Gasteiger partial charge in [-0.25, -0.2) is 10.4 Å². The number of nitrogens with zero attached hydrogens (tertiary/aromatic N) is 2. The van der Waals surface area contributed by atoms with E-state index in [0.717, 1.165) is 16.7 Å². The molecule has 17 heavy (non-hydrogen) atoms. The summed E-state index contributed by atoms with van der Waals surface area (Å²) in [6.45, 7) is 1.99. The Morgan fingerprint density at radius 2 is 1.88 bits per heavy atom. The monoisotopic (exact) mass is 229 g/mol. The van der Waals surface area contributed by atoms with Crippen molar-refractivity contribution in [3.8, 4) is 0 Å². The van der Waals surface area contributed by atoms with E-state index in [9.17, 15) is 0 Å². The van der Waals surface area contributed by atoms with Gasteiger partial charge in [0.15, 0.2) is 0 Å². The van der Waals surface area contributed by atoms with E-state index in [1.165, 1.54) is 0 Å². The predicted molar refractivity (Wildman–Crippen MR) is 66.8 cm³/mol. The lowest BCUT2D eigenvalue weighted by Crippen LogP contribution is -2.30. The molecule has 0 amide bonds. The Labute approximate surface area is 99.9 Å². The Balaban J connectivity index is 2.50. The Kier molecular flexibility index (Phi) is 3.32. The summed E-state index contributed by atoms with van der Waals surface area (Å²) < 4.78 is 0. The molecule has 0 radical (unpaired) electrons. The molecule has 0 saturated carbocycles. The minimum atomic E-state index is -0.174. The van der Waals surface area contributed by atoms with Gasteiger partial charge < -0.3 is 5.73 Å². The second kappa shape index (κ2) is 4.90. The fourth-order valence-corrected chi connectivity index (χ4v) is 1.87. The van der Waals surface area contributed by atoms with Crippen molar-refractivity contribution in [3.05, 3.63) is 53.5 Å². The predicted octanol–water partition coefficient (Wildman–Crippen LogP) is 0.920. The van der Waals surface area contributed by atoms with E-state index >= 15 is 0 Å². The number of nitrogens with two attached hydrogens (primary N) is 2. The number of hydrogen-bond donors (Lipinski definition) is 3. The van der Waals surface area contributed by atoms with Crippen molar-refractivity contribution in [2.45, 2.75) is 13.0 Å². The zero-order valence-corrected chi connectivity index (χ0v) is 9.59. The Hall–Kier alpha value is -1.98. The number of pyridine rings is 2. The highest BCUT2D eigenvalue weighted by Crippen LogP contribution is 2.27. The lowest BCUT2D eigenvalue weighted by molar-refractivity contribution is 0.633. The van der Waals surface area contributed by atoms with E-state index in [2.05, 4.69) is 15.4 Å². The minimum absolute atomic E-state index is 0.174. The molecule has 0 spiro atoms. The van der Waals surface area contributed by atoms with E-state index in [0.29, 0.717) is 5.82 Å². The molecule has 5 heteroatoms. The third-order valence-corrected chi connectivity index (χ3v) is 2.73. The maximum absolute atomic E-state index is 5.91. The van der Waals surface area contributed by atoms with Crippen LogP contribution in [0.2, 0.25) is 0 Å². The molecule has 0 saturated heterocycles. The van der Waals surface area contributed by atoms with E-state index in [-0.39, 0.29) is 6.04 Å². The highest BCUT2D eigenvalue weighted by Gasteiger charge is 2.17. The summed E-state index contributed by atoms with van der Waals surface area (Å²) in [5.74, 6) is 6.11. The lowest BCUT2D eigenvalue weighted by Gasteiger charge is -2.19. The van der Waals surface area contributed by atoms with Gasteiger partial charge in [0.2, 0.25) is 0 Å². The number of hydrazine groups is 1. The SMILES string of the molecule is Cc1ccnc(N)c1C(NN)c1ccncc1. The molecule has 2 aromatic heterocycles. The topological polar surface area (TPSA) is 89.8 Å². The summed E-state index contributed by atoms with van der Waals surface area (Å²) in [5, 5.41) is 0. The number of nitrogens with one attached hydrogen (secondary N) is 1. The van der Waals surface area contributed by atoms with Gasteiger partial charge in [-0.2, -0.15) is 0 Å². The summed E-state index contributed by atoms with van der Waals surface area (Å²) in [6, 6.07) is 5.54. The molecule has 2 rings (SSSR count). The number of nitrogen functional groups attached to an aromatic ring is 1. The summed E-state index contributed by atoms with van der Waals surface area (Å²) in [6.07, 6.45) is 5.14. The molecule has 5 nitrogen and oxygen atoms in total. The molecular formula is C12H15N5. The van der Waals surface area contributed by atoms with Crippen molar-refractivity contribution >= 4 is 5.82 Å². The van der Waals surface area contributed by atoms with Gasteiger partial charge in [0.1, 0.15) is 5.82 Å². The second-order valence-electron chi connectivity index (χ2n) is 3.81. The van der Waals surface area contributed by atoms with E-state index in [1.54, 1.807) is 18.6 Å². The van der Waals surface area contributed by atoms with Gasteiger partial charge >= 0.3 is 0 Å². The summed E-state index contributed by atoms with van der Waals surface area (Å²) in [5.41, 5.74) is 11.6. The smallest absolute Gasteiger partial charge is 0.128 e. The van der Waals surface area contributed by atoms with Crippen LogP contribution < -0.4 is 17.0 Å². The molecule has 1 atom stereocenters. The molecule has 0 aliphatic rings. The van der Waals surface area contributed by atoms with E-state index in [4.69, 9.17) is 11.6 Å². The van der Waals surface area contributed by atoms with Gasteiger partial charge in [-0.15, -0.1) is 0 Å². The maximum atomic E-state index is 5.91. The first kappa shape index (κ1) is 11.5. The van der Waals surface area contributed by atoms with Crippen LogP contribution in [0.5, 0.6) is 0 Å². The molecule has 0 aliphatic heterocycles. The van der Waals surface area contributed by atoms with Crippen LogP contribution in [-0.4, -0.2) is 9.97 Å². The first-order valence-electron chi connectivity index (χ1n) is 5.31. The Morgan fingerprint density at radius 1 is 1.18 bits per heavy atom. The zero-order valence-electron chi connectivity index (χ0n) is 9.59. The van der Waals surface area contributed by atoms with Crippen molar-refractivity contribution in [3.63, 3.8) is 0 Å². The normalized spacial score (nSPS) is 12.4. The van der Waals surface area contributed by atoms with Crippen molar-refractivity contribution in [2.75, 3.05) is 5.73 Å². The van der Waals surface area contributed by atoms with Gasteiger partial charge in [0, 0.05) is 24.2 Å². The zero-order chi connectivity index (χ0) is 12.3. The summed E-state index contributed by atoms with van der Waals surface area (Å²) >= 11 is 0. The van der Waals surface area contributed by atoms with Crippen LogP contribution in [0.15, 0.2) is 36.8 Å². The molecule has 0 fully saturated rings. The molecule has 2 aromatic rings. The standard InChI is InChI=1S/C12H15N5/c1-8-2-7-16-12(13)10(8)11(17-14)9-3-5-15-6-4-9/h2-7,11,17H,14H2,1H3,(H2,13,16). The van der Waals surface area contributed by atoms with Crippen LogP contribution in [0, 0.1) is 6.92 Å². The van der Waals surface area contributed by atoms with Crippen LogP contribution in [-0.2, 0) is 0 Å². The van der Waals surface area contributed by atoms with Crippen LogP contribution >= 0.6 is 0 Å². The molecule has 1 unspecified atom stereocenters. The summed E-state index contributed by atoms with van der Waals surface area (Å²) in [7, 11) is 0. The van der Waals surface area contributed by atoms with Crippen LogP contribution in [0.4, 0.5) is 5.82 Å². The number of rotatable bonds is 3. The first-order valence-corrected chi connectivity index (χ1v) is 5.31. The van der Waals surface area contributed by atoms with Gasteiger partial charge in [-0.3, -0.25) is 10.8 Å². The average Bonchev–Trinajstić information content (AvgIpc) is 2.35. The van der Waals surface area contributed by atoms with Gasteiger partial charge in [0.25, 0.3) is 0 Å². The third kappa shape index (κ3) is 2.25. The molecule has 2 heterocycles. The Bertz CT molecular complexity index is 477. The average molecular weight is 229 g/mol. The fraction of sp³-hybridized carbons (Fsp3) is 0.167. The minimum Gasteiger partial charge on any atom is -0.383 e. The van der Waals surface area contributed by atoms with Gasteiger partial charge in [0.05, 0.1) is 6.04 Å². The number of hydrogen-bond acceptors (Lipinski definition) is 5. The fourth-order valence-electron chi connectivity index (χ4n) is 1.87. The lowest BCUT2D eigenvalue weighted by atomic mass is 9.97. The molecular weight excluding hydrogens is 214 g/mol. The van der Waals surface area contributed by atoms with E-state index < -0.39 is 0 Å². The molecule has 5 N–H and O–H groups in total. The highest BCUT2D eigenvalue weighted by atomic mass is 15.2. The number of aryl methyl sites for hydroxylation is 1. The quantitative estimate of drug-likeness (QED) is 0.538. The molecule has 88 valence electrons. The Morgan fingerprint density at radius 3 is 2.47 bits per heavy atom. The summed E-state index contributed by atoms with van der Waals surface area (Å²) in [4.78, 5) is 8.09. The van der Waals surface area contributed by atoms with Gasteiger partial charge in [-0.1, -0.05) is 0 Å². The van der Waals surface area contributed by atoms with Crippen molar-refractivity contribution in [2.24, 2.45) is 5.84 Å². The van der Waals surface area contributed by atoms with Crippen LogP contribution in [0.3, 0.4) is 0 Å². The number of aromatic nitrogens is 2. The first-order chi connectivity index (χ1) is 8.24. The van der Waals surface area contributed by atoms with Crippen molar-refractivity contribution < 1.29 is 0 Å². The largest absolute Gasteiger partial charge is 0.383 e. The van der Waals surface area contributed by atoms with Crippen molar-refractivity contribution in [1.82, 2.24) is 15.4 Å². The van der Waals surface area contributed by atoms with Crippen molar-refractivity contribution in [1.29, 1.82) is 0 Å². The third-order valence-electron chi connectivity index (χ3n) is 2.73. The second-order valence-corrected chi connectivity index (χ2v) is 3.81. The number of anilines is 1. The molecule has 0 aromatic carbocycles. The van der Waals surface area contributed by atoms with Crippen LogP contribution in [0.25, 0.3) is 0 Å². The maximum Gasteiger partial charge on any atom is 0.128 e. The molecule has 0 bridgehead atoms.